The quantitative estimate of drug-likeness (QED) is 0.807. The van der Waals surface area contributed by atoms with E-state index in [2.05, 4.69) is 15.1 Å². The number of hydrogen-bond donors (Lipinski definition) is 1. The molecule has 6 heteroatoms. The van der Waals surface area contributed by atoms with Gasteiger partial charge in [-0.15, -0.1) is 0 Å². The van der Waals surface area contributed by atoms with Crippen molar-refractivity contribution < 1.29 is 14.0 Å². The van der Waals surface area contributed by atoms with Crippen LogP contribution in [0, 0.1) is 0 Å². The van der Waals surface area contributed by atoms with E-state index >= 15 is 0 Å². The first-order valence-corrected chi connectivity index (χ1v) is 8.94. The maximum atomic E-state index is 12.2. The lowest BCUT2D eigenvalue weighted by Gasteiger charge is -2.35. The molecule has 0 aliphatic carbocycles. The molecular formula is C20H25N3O3. The number of amides is 1. The number of piperazine rings is 1. The first kappa shape index (κ1) is 18.2. The van der Waals surface area contributed by atoms with Gasteiger partial charge in [0.05, 0.1) is 18.8 Å². The molecule has 1 atom stereocenters. The minimum atomic E-state index is -0.126. The Morgan fingerprint density at radius 3 is 2.38 bits per heavy atom. The van der Waals surface area contributed by atoms with Crippen LogP contribution in [0.25, 0.3) is 0 Å². The molecular weight excluding hydrogens is 330 g/mol. The van der Waals surface area contributed by atoms with E-state index in [1.54, 1.807) is 13.2 Å². The molecule has 1 aliphatic heterocycles. The molecule has 138 valence electrons. The van der Waals surface area contributed by atoms with Gasteiger partial charge >= 0.3 is 0 Å². The van der Waals surface area contributed by atoms with Gasteiger partial charge in [0, 0.05) is 37.4 Å². The summed E-state index contributed by atoms with van der Waals surface area (Å²) in [7, 11) is 0. The normalized spacial score (nSPS) is 16.3. The molecule has 1 aromatic heterocycles. The van der Waals surface area contributed by atoms with Crippen molar-refractivity contribution in [1.82, 2.24) is 10.2 Å². The zero-order chi connectivity index (χ0) is 18.5. The molecule has 0 unspecified atom stereocenters. The number of benzene rings is 1. The van der Waals surface area contributed by atoms with Gasteiger partial charge in [-0.1, -0.05) is 0 Å². The van der Waals surface area contributed by atoms with E-state index in [1.165, 1.54) is 0 Å². The Bertz CT molecular complexity index is 732. The van der Waals surface area contributed by atoms with Gasteiger partial charge in [-0.25, -0.2) is 0 Å². The van der Waals surface area contributed by atoms with Gasteiger partial charge in [-0.2, -0.15) is 0 Å². The molecule has 0 radical (unpaired) electrons. The second-order valence-corrected chi connectivity index (χ2v) is 6.67. The van der Waals surface area contributed by atoms with Crippen LogP contribution >= 0.6 is 0 Å². The maximum Gasteiger partial charge on any atom is 0.234 e. The number of nitrogens with zero attached hydrogens (tertiary/aromatic N) is 2. The van der Waals surface area contributed by atoms with Crippen LogP contribution in [0.5, 0.6) is 0 Å². The van der Waals surface area contributed by atoms with Crippen LogP contribution in [0.3, 0.4) is 0 Å². The van der Waals surface area contributed by atoms with Crippen molar-refractivity contribution in [3.8, 4) is 0 Å². The molecule has 1 aliphatic rings. The van der Waals surface area contributed by atoms with Crippen LogP contribution in [0.2, 0.25) is 0 Å². The molecule has 26 heavy (non-hydrogen) atoms. The lowest BCUT2D eigenvalue weighted by molar-refractivity contribution is -0.123. The highest BCUT2D eigenvalue weighted by Crippen LogP contribution is 2.18. The third-order valence-electron chi connectivity index (χ3n) is 4.73. The van der Waals surface area contributed by atoms with E-state index in [-0.39, 0.29) is 17.7 Å². The largest absolute Gasteiger partial charge is 0.467 e. The van der Waals surface area contributed by atoms with Crippen molar-refractivity contribution in [2.45, 2.75) is 19.9 Å². The summed E-state index contributed by atoms with van der Waals surface area (Å²) in [5.74, 6) is 0.849. The van der Waals surface area contributed by atoms with Crippen LogP contribution in [0.4, 0.5) is 5.69 Å². The predicted octanol–water partition coefficient (Wildman–Crippen LogP) is 2.48. The number of nitrogens with one attached hydrogen (secondary N) is 1. The summed E-state index contributed by atoms with van der Waals surface area (Å²) in [5.41, 5.74) is 1.85. The van der Waals surface area contributed by atoms with Gasteiger partial charge in [-0.3, -0.25) is 14.5 Å². The summed E-state index contributed by atoms with van der Waals surface area (Å²) < 4.78 is 5.32. The number of furan rings is 1. The van der Waals surface area contributed by atoms with Gasteiger partial charge in [0.2, 0.25) is 5.91 Å². The van der Waals surface area contributed by atoms with Crippen molar-refractivity contribution in [3.05, 3.63) is 54.0 Å². The van der Waals surface area contributed by atoms with E-state index in [9.17, 15) is 9.59 Å². The van der Waals surface area contributed by atoms with Crippen LogP contribution in [0.1, 0.15) is 36.0 Å². The van der Waals surface area contributed by atoms with E-state index in [0.29, 0.717) is 6.54 Å². The van der Waals surface area contributed by atoms with E-state index < -0.39 is 0 Å². The van der Waals surface area contributed by atoms with Crippen molar-refractivity contribution in [2.75, 3.05) is 37.6 Å². The predicted molar refractivity (Wildman–Crippen MR) is 100 cm³/mol. The zero-order valence-electron chi connectivity index (χ0n) is 15.3. The highest BCUT2D eigenvalue weighted by molar-refractivity contribution is 5.94. The lowest BCUT2D eigenvalue weighted by Crippen LogP contribution is -2.49. The molecule has 1 fully saturated rings. The Balaban J connectivity index is 1.46. The third-order valence-corrected chi connectivity index (χ3v) is 4.73. The topological polar surface area (TPSA) is 65.8 Å². The Labute approximate surface area is 153 Å². The average Bonchev–Trinajstić information content (AvgIpc) is 3.17. The molecule has 0 saturated carbocycles. The molecule has 1 saturated heterocycles. The number of rotatable bonds is 6. The lowest BCUT2D eigenvalue weighted by atomic mass is 10.1. The SMILES string of the molecule is CC(=O)c1ccc(N2CCN(CC(=O)N[C@@H](C)c3ccco3)CC2)cc1. The molecule has 0 bridgehead atoms. The summed E-state index contributed by atoms with van der Waals surface area (Å²) in [4.78, 5) is 28.0. The number of carbonyl (C=O) groups is 2. The van der Waals surface area contributed by atoms with E-state index in [1.807, 2.05) is 43.3 Å². The molecule has 1 aromatic carbocycles. The highest BCUT2D eigenvalue weighted by Gasteiger charge is 2.20. The second-order valence-electron chi connectivity index (χ2n) is 6.67. The van der Waals surface area contributed by atoms with Crippen molar-refractivity contribution in [1.29, 1.82) is 0 Å². The van der Waals surface area contributed by atoms with Crippen LogP contribution in [-0.2, 0) is 4.79 Å². The molecule has 3 rings (SSSR count). The molecule has 2 aromatic rings. The fourth-order valence-electron chi connectivity index (χ4n) is 3.17. The third kappa shape index (κ3) is 4.52. The Morgan fingerprint density at radius 2 is 1.81 bits per heavy atom. The Hall–Kier alpha value is -2.60. The van der Waals surface area contributed by atoms with Gasteiger partial charge in [0.25, 0.3) is 0 Å². The first-order valence-electron chi connectivity index (χ1n) is 8.94. The first-order chi connectivity index (χ1) is 12.5. The van der Waals surface area contributed by atoms with E-state index in [4.69, 9.17) is 4.42 Å². The van der Waals surface area contributed by atoms with Gasteiger partial charge < -0.3 is 14.6 Å². The van der Waals surface area contributed by atoms with E-state index in [0.717, 1.165) is 43.2 Å². The number of anilines is 1. The minimum Gasteiger partial charge on any atom is -0.467 e. The molecule has 0 spiro atoms. The van der Waals surface area contributed by atoms with Crippen molar-refractivity contribution in [2.24, 2.45) is 0 Å². The summed E-state index contributed by atoms with van der Waals surface area (Å²) in [6.07, 6.45) is 1.61. The zero-order valence-corrected chi connectivity index (χ0v) is 15.3. The summed E-state index contributed by atoms with van der Waals surface area (Å²) in [6.45, 7) is 7.27. The fraction of sp³-hybridized carbons (Fsp3) is 0.400. The average molecular weight is 355 g/mol. The number of carbonyl (C=O) groups excluding carboxylic acids is 2. The monoisotopic (exact) mass is 355 g/mol. The molecule has 6 nitrogen and oxygen atoms in total. The molecule has 2 heterocycles. The van der Waals surface area contributed by atoms with Crippen LogP contribution < -0.4 is 10.2 Å². The standard InChI is InChI=1S/C20H25N3O3/c1-15(19-4-3-13-26-19)21-20(25)14-22-9-11-23(12-10-22)18-7-5-17(6-8-18)16(2)24/h3-8,13,15H,9-12,14H2,1-2H3,(H,21,25)/t15-/m0/s1. The van der Waals surface area contributed by atoms with Crippen molar-refractivity contribution in [3.63, 3.8) is 0 Å². The number of ketones is 1. The van der Waals surface area contributed by atoms with Crippen LogP contribution in [0.15, 0.2) is 47.1 Å². The second kappa shape index (κ2) is 8.19. The fourth-order valence-corrected chi connectivity index (χ4v) is 3.17. The summed E-state index contributed by atoms with van der Waals surface area (Å²) >= 11 is 0. The minimum absolute atomic E-state index is 0.00756. The summed E-state index contributed by atoms with van der Waals surface area (Å²) in [6, 6.07) is 11.3. The highest BCUT2D eigenvalue weighted by atomic mass is 16.3. The Morgan fingerprint density at radius 1 is 1.12 bits per heavy atom. The van der Waals surface area contributed by atoms with Gasteiger partial charge in [0.1, 0.15) is 5.76 Å². The van der Waals surface area contributed by atoms with Gasteiger partial charge in [0.15, 0.2) is 5.78 Å². The number of Topliss-reactive ketones (excluding diaryl/α,β-unsaturated/α-hetero) is 1. The smallest absolute Gasteiger partial charge is 0.234 e. The maximum absolute atomic E-state index is 12.2. The molecule has 1 N–H and O–H groups in total. The van der Waals surface area contributed by atoms with Crippen LogP contribution in [-0.4, -0.2) is 49.3 Å². The molecule has 1 amide bonds. The number of hydrogen-bond acceptors (Lipinski definition) is 5. The van der Waals surface area contributed by atoms with Gasteiger partial charge in [-0.05, 0) is 50.2 Å². The summed E-state index contributed by atoms with van der Waals surface area (Å²) in [5, 5.41) is 2.97. The Kier molecular flexibility index (Phi) is 5.73. The van der Waals surface area contributed by atoms with Crippen molar-refractivity contribution >= 4 is 17.4 Å².